The van der Waals surface area contributed by atoms with E-state index < -0.39 is 0 Å². The van der Waals surface area contributed by atoms with E-state index >= 15 is 0 Å². The van der Waals surface area contributed by atoms with Crippen molar-refractivity contribution in [3.05, 3.63) is 54.6 Å². The number of nitrogens with zero attached hydrogens (tertiary/aromatic N) is 6. The van der Waals surface area contributed by atoms with Gasteiger partial charge in [-0.25, -0.2) is 4.98 Å². The van der Waals surface area contributed by atoms with Crippen molar-refractivity contribution >= 4 is 16.9 Å². The predicted molar refractivity (Wildman–Crippen MR) is 89.0 cm³/mol. The summed E-state index contributed by atoms with van der Waals surface area (Å²) in [6.07, 6.45) is 3.35. The summed E-state index contributed by atoms with van der Waals surface area (Å²) >= 11 is 0. The molecule has 25 heavy (non-hydrogen) atoms. The van der Waals surface area contributed by atoms with Gasteiger partial charge in [-0.05, 0) is 24.3 Å². The van der Waals surface area contributed by atoms with Crippen molar-refractivity contribution in [3.8, 4) is 11.4 Å². The van der Waals surface area contributed by atoms with Crippen LogP contribution in [0.1, 0.15) is 5.82 Å². The second-order valence-electron chi connectivity index (χ2n) is 5.34. The van der Waals surface area contributed by atoms with Crippen LogP contribution in [0.5, 0.6) is 0 Å². The van der Waals surface area contributed by atoms with Gasteiger partial charge in [0.2, 0.25) is 5.91 Å². The molecule has 0 atom stereocenters. The van der Waals surface area contributed by atoms with E-state index in [-0.39, 0.29) is 19.0 Å². The molecule has 0 spiro atoms. The summed E-state index contributed by atoms with van der Waals surface area (Å²) in [4.78, 5) is 21.7. The van der Waals surface area contributed by atoms with Crippen LogP contribution in [-0.4, -0.2) is 41.1 Å². The average Bonchev–Trinajstić information content (AvgIpc) is 3.27. The number of fused-ring (bicyclic) bond motifs is 1. The first kappa shape index (κ1) is 14.9. The van der Waals surface area contributed by atoms with Crippen LogP contribution in [0, 0.1) is 0 Å². The zero-order valence-electron chi connectivity index (χ0n) is 13.1. The SMILES string of the molecule is O=C(Cn1nc2ccccc2n1)NCc1nc(-c2ccncc2)n[nH]1. The Morgan fingerprint density at radius 2 is 1.80 bits per heavy atom. The number of benzene rings is 1. The lowest BCUT2D eigenvalue weighted by Gasteiger charge is -2.01. The molecule has 0 bridgehead atoms. The minimum absolute atomic E-state index is 0.0417. The summed E-state index contributed by atoms with van der Waals surface area (Å²) < 4.78 is 0. The van der Waals surface area contributed by atoms with E-state index in [9.17, 15) is 4.79 Å². The van der Waals surface area contributed by atoms with Gasteiger partial charge in [-0.15, -0.1) is 0 Å². The molecule has 1 amide bonds. The number of carbonyl (C=O) groups excluding carboxylic acids is 1. The number of aromatic nitrogens is 7. The van der Waals surface area contributed by atoms with E-state index in [4.69, 9.17) is 0 Å². The van der Waals surface area contributed by atoms with Gasteiger partial charge in [0.15, 0.2) is 5.82 Å². The number of carbonyl (C=O) groups is 1. The molecule has 0 aliphatic rings. The summed E-state index contributed by atoms with van der Waals surface area (Å²) in [5.74, 6) is 0.924. The maximum atomic E-state index is 12.1. The van der Waals surface area contributed by atoms with Gasteiger partial charge < -0.3 is 5.32 Å². The predicted octanol–water partition coefficient (Wildman–Crippen LogP) is 0.928. The molecular weight excluding hydrogens is 320 g/mol. The van der Waals surface area contributed by atoms with Gasteiger partial charge in [0, 0.05) is 18.0 Å². The molecule has 4 aromatic rings. The Balaban J connectivity index is 1.36. The lowest BCUT2D eigenvalue weighted by molar-refractivity contribution is -0.122. The van der Waals surface area contributed by atoms with Crippen LogP contribution in [-0.2, 0) is 17.9 Å². The fraction of sp³-hybridized carbons (Fsp3) is 0.125. The molecule has 3 heterocycles. The molecule has 0 unspecified atom stereocenters. The molecule has 0 saturated heterocycles. The molecule has 0 saturated carbocycles. The molecule has 0 radical (unpaired) electrons. The van der Waals surface area contributed by atoms with Gasteiger partial charge in [-0.2, -0.15) is 20.1 Å². The number of H-pyrrole nitrogens is 1. The maximum absolute atomic E-state index is 12.1. The number of hydrogen-bond acceptors (Lipinski definition) is 6. The first-order valence-corrected chi connectivity index (χ1v) is 7.66. The summed E-state index contributed by atoms with van der Waals surface area (Å²) in [5, 5.41) is 18.2. The standard InChI is InChI=1S/C16H14N8O/c25-15(10-24-22-12-3-1-2-4-13(12)23-24)18-9-14-19-16(21-20-14)11-5-7-17-8-6-11/h1-8H,9-10H2,(H,18,25)(H,19,20,21). The Hall–Kier alpha value is -3.62. The fourth-order valence-electron chi connectivity index (χ4n) is 2.35. The van der Waals surface area contributed by atoms with Crippen molar-refractivity contribution in [1.29, 1.82) is 0 Å². The van der Waals surface area contributed by atoms with Gasteiger partial charge >= 0.3 is 0 Å². The van der Waals surface area contributed by atoms with E-state index in [2.05, 4.69) is 35.7 Å². The van der Waals surface area contributed by atoms with Crippen molar-refractivity contribution in [2.45, 2.75) is 13.1 Å². The van der Waals surface area contributed by atoms with Crippen LogP contribution in [0.15, 0.2) is 48.8 Å². The van der Waals surface area contributed by atoms with E-state index in [1.54, 1.807) is 12.4 Å². The molecule has 3 aromatic heterocycles. The van der Waals surface area contributed by atoms with Crippen LogP contribution >= 0.6 is 0 Å². The normalized spacial score (nSPS) is 10.9. The van der Waals surface area contributed by atoms with E-state index in [1.807, 2.05) is 36.4 Å². The van der Waals surface area contributed by atoms with Gasteiger partial charge in [-0.1, -0.05) is 12.1 Å². The molecule has 9 nitrogen and oxygen atoms in total. The van der Waals surface area contributed by atoms with Crippen LogP contribution in [0.3, 0.4) is 0 Å². The van der Waals surface area contributed by atoms with Gasteiger partial charge in [0.1, 0.15) is 23.4 Å². The third-order valence-electron chi connectivity index (χ3n) is 3.54. The van der Waals surface area contributed by atoms with Crippen LogP contribution in [0.4, 0.5) is 0 Å². The highest BCUT2D eigenvalue weighted by Gasteiger charge is 2.09. The van der Waals surface area contributed by atoms with Gasteiger partial charge in [-0.3, -0.25) is 14.9 Å². The third kappa shape index (κ3) is 3.34. The fourth-order valence-corrected chi connectivity index (χ4v) is 2.35. The highest BCUT2D eigenvalue weighted by atomic mass is 16.2. The van der Waals surface area contributed by atoms with E-state index in [0.29, 0.717) is 11.6 Å². The third-order valence-corrected chi connectivity index (χ3v) is 3.54. The molecular formula is C16H14N8O. The monoisotopic (exact) mass is 334 g/mol. The summed E-state index contributed by atoms with van der Waals surface area (Å²) in [5.41, 5.74) is 2.37. The number of amides is 1. The first-order chi connectivity index (χ1) is 12.3. The highest BCUT2D eigenvalue weighted by molar-refractivity contribution is 5.77. The molecule has 9 heteroatoms. The smallest absolute Gasteiger partial charge is 0.243 e. The van der Waals surface area contributed by atoms with Crippen molar-refractivity contribution in [2.75, 3.05) is 0 Å². The Labute approximate surface area is 142 Å². The number of nitrogens with one attached hydrogen (secondary N) is 2. The van der Waals surface area contributed by atoms with E-state index in [1.165, 1.54) is 4.80 Å². The van der Waals surface area contributed by atoms with Gasteiger partial charge in [0.05, 0.1) is 6.54 Å². The van der Waals surface area contributed by atoms with Crippen LogP contribution in [0.2, 0.25) is 0 Å². The molecule has 0 fully saturated rings. The molecule has 1 aromatic carbocycles. The molecule has 124 valence electrons. The zero-order chi connectivity index (χ0) is 17.1. The highest BCUT2D eigenvalue weighted by Crippen LogP contribution is 2.12. The minimum atomic E-state index is -0.206. The summed E-state index contributed by atoms with van der Waals surface area (Å²) in [7, 11) is 0. The number of rotatable bonds is 5. The van der Waals surface area contributed by atoms with Crippen LogP contribution in [0.25, 0.3) is 22.4 Å². The number of pyridine rings is 1. The van der Waals surface area contributed by atoms with Crippen molar-refractivity contribution in [1.82, 2.24) is 40.5 Å². The quantitative estimate of drug-likeness (QED) is 0.561. The van der Waals surface area contributed by atoms with E-state index in [0.717, 1.165) is 16.6 Å². The second kappa shape index (κ2) is 6.48. The van der Waals surface area contributed by atoms with Gasteiger partial charge in [0.25, 0.3) is 0 Å². The summed E-state index contributed by atoms with van der Waals surface area (Å²) in [6, 6.07) is 11.1. The van der Waals surface area contributed by atoms with Crippen molar-refractivity contribution in [2.24, 2.45) is 0 Å². The Kier molecular flexibility index (Phi) is 3.87. The Bertz CT molecular complexity index is 974. The largest absolute Gasteiger partial charge is 0.347 e. The molecule has 4 rings (SSSR count). The maximum Gasteiger partial charge on any atom is 0.243 e. The molecule has 2 N–H and O–H groups in total. The average molecular weight is 334 g/mol. The minimum Gasteiger partial charge on any atom is -0.347 e. The Morgan fingerprint density at radius 3 is 2.52 bits per heavy atom. The lowest BCUT2D eigenvalue weighted by atomic mass is 10.2. The van der Waals surface area contributed by atoms with Crippen molar-refractivity contribution < 1.29 is 4.79 Å². The van der Waals surface area contributed by atoms with Crippen LogP contribution < -0.4 is 5.32 Å². The Morgan fingerprint density at radius 1 is 1.08 bits per heavy atom. The summed E-state index contributed by atoms with van der Waals surface area (Å²) in [6.45, 7) is 0.289. The number of aromatic amines is 1. The van der Waals surface area contributed by atoms with Crippen molar-refractivity contribution in [3.63, 3.8) is 0 Å². The first-order valence-electron chi connectivity index (χ1n) is 7.66. The number of hydrogen-bond donors (Lipinski definition) is 2. The topological polar surface area (TPSA) is 114 Å². The molecule has 0 aliphatic carbocycles. The zero-order valence-corrected chi connectivity index (χ0v) is 13.1. The lowest BCUT2D eigenvalue weighted by Crippen LogP contribution is -2.28. The second-order valence-corrected chi connectivity index (χ2v) is 5.34. The molecule has 0 aliphatic heterocycles.